The lowest BCUT2D eigenvalue weighted by Gasteiger charge is -2.44. The molecule has 1 aromatic heterocycles. The van der Waals surface area contributed by atoms with Gasteiger partial charge in [0.05, 0.1) is 13.2 Å². The number of hydrogen-bond donors (Lipinski definition) is 1. The van der Waals surface area contributed by atoms with Crippen molar-refractivity contribution in [2.24, 2.45) is 5.92 Å². The molecule has 1 fully saturated rings. The fourth-order valence-corrected chi connectivity index (χ4v) is 2.92. The van der Waals surface area contributed by atoms with Crippen molar-refractivity contribution in [3.8, 4) is 5.88 Å². The Morgan fingerprint density at radius 3 is 3.18 bits per heavy atom. The van der Waals surface area contributed by atoms with Gasteiger partial charge in [-0.3, -0.25) is 0 Å². The molecule has 0 aromatic carbocycles. The van der Waals surface area contributed by atoms with E-state index in [-0.39, 0.29) is 0 Å². The second-order valence-electron chi connectivity index (χ2n) is 4.84. The van der Waals surface area contributed by atoms with Crippen LogP contribution in [0.2, 0.25) is 0 Å². The van der Waals surface area contributed by atoms with Gasteiger partial charge in [-0.25, -0.2) is 4.98 Å². The zero-order valence-corrected chi connectivity index (χ0v) is 10.3. The minimum absolute atomic E-state index is 0.552. The molecule has 0 bridgehead atoms. The summed E-state index contributed by atoms with van der Waals surface area (Å²) in [6.07, 6.45) is 4.13. The van der Waals surface area contributed by atoms with Crippen LogP contribution in [-0.2, 0) is 0 Å². The molecule has 2 aliphatic rings. The topological polar surface area (TPSA) is 50.3 Å². The van der Waals surface area contributed by atoms with Gasteiger partial charge in [-0.15, -0.1) is 0 Å². The van der Waals surface area contributed by atoms with Crippen LogP contribution >= 0.6 is 0 Å². The molecule has 0 amide bonds. The van der Waals surface area contributed by atoms with E-state index in [1.807, 2.05) is 0 Å². The lowest BCUT2D eigenvalue weighted by atomic mass is 9.89. The standard InChI is InChI=1S/C12H18N4O/c1-8-4-3-5-16-9(8)6-13-10-11(16)14-7-15-12(10)17-2/h7-9,13H,3-6H2,1-2H3. The van der Waals surface area contributed by atoms with Crippen molar-refractivity contribution < 1.29 is 4.74 Å². The van der Waals surface area contributed by atoms with Crippen LogP contribution in [-0.4, -0.2) is 36.2 Å². The van der Waals surface area contributed by atoms with Crippen LogP contribution in [0.25, 0.3) is 0 Å². The Balaban J connectivity index is 2.01. The van der Waals surface area contributed by atoms with E-state index in [0.29, 0.717) is 17.8 Å². The van der Waals surface area contributed by atoms with E-state index in [1.165, 1.54) is 12.8 Å². The normalized spacial score (nSPS) is 26.8. The van der Waals surface area contributed by atoms with Gasteiger partial charge in [-0.2, -0.15) is 4.98 Å². The van der Waals surface area contributed by atoms with Gasteiger partial charge < -0.3 is 15.0 Å². The van der Waals surface area contributed by atoms with Crippen molar-refractivity contribution >= 4 is 11.5 Å². The number of fused-ring (bicyclic) bond motifs is 3. The molecule has 0 spiro atoms. The van der Waals surface area contributed by atoms with Crippen LogP contribution in [0.15, 0.2) is 6.33 Å². The molecule has 0 radical (unpaired) electrons. The van der Waals surface area contributed by atoms with Crippen LogP contribution in [0.5, 0.6) is 5.88 Å². The maximum atomic E-state index is 5.28. The van der Waals surface area contributed by atoms with Gasteiger partial charge in [-0.1, -0.05) is 6.92 Å². The summed E-state index contributed by atoms with van der Waals surface area (Å²) >= 11 is 0. The molecule has 3 rings (SSSR count). The summed E-state index contributed by atoms with van der Waals surface area (Å²) < 4.78 is 5.28. The predicted molar refractivity (Wildman–Crippen MR) is 66.6 cm³/mol. The zero-order chi connectivity index (χ0) is 11.8. The SMILES string of the molecule is COc1ncnc2c1NCC1C(C)CCCN21. The fourth-order valence-electron chi connectivity index (χ4n) is 2.92. The van der Waals surface area contributed by atoms with E-state index in [4.69, 9.17) is 4.74 Å². The Bertz CT molecular complexity index is 423. The molecule has 17 heavy (non-hydrogen) atoms. The van der Waals surface area contributed by atoms with E-state index in [9.17, 15) is 0 Å². The molecular formula is C12H18N4O. The van der Waals surface area contributed by atoms with Crippen molar-refractivity contribution in [1.82, 2.24) is 9.97 Å². The summed E-state index contributed by atoms with van der Waals surface area (Å²) in [7, 11) is 1.65. The minimum atomic E-state index is 0.552. The van der Waals surface area contributed by atoms with E-state index in [0.717, 1.165) is 24.6 Å². The van der Waals surface area contributed by atoms with Gasteiger partial charge in [0.15, 0.2) is 5.82 Å². The number of hydrogen-bond acceptors (Lipinski definition) is 5. The Morgan fingerprint density at radius 2 is 2.35 bits per heavy atom. The van der Waals surface area contributed by atoms with Gasteiger partial charge in [0.25, 0.3) is 0 Å². The highest BCUT2D eigenvalue weighted by molar-refractivity contribution is 5.73. The minimum Gasteiger partial charge on any atom is -0.479 e. The monoisotopic (exact) mass is 234 g/mol. The molecule has 1 N–H and O–H groups in total. The Morgan fingerprint density at radius 1 is 1.47 bits per heavy atom. The first kappa shape index (κ1) is 10.6. The van der Waals surface area contributed by atoms with E-state index in [2.05, 4.69) is 27.1 Å². The molecule has 1 aromatic rings. The van der Waals surface area contributed by atoms with Gasteiger partial charge in [0, 0.05) is 13.1 Å². The van der Waals surface area contributed by atoms with Gasteiger partial charge in [0.1, 0.15) is 12.0 Å². The molecule has 2 atom stereocenters. The molecule has 0 aliphatic carbocycles. The van der Waals surface area contributed by atoms with E-state index < -0.39 is 0 Å². The number of piperidine rings is 1. The van der Waals surface area contributed by atoms with Crippen molar-refractivity contribution in [3.63, 3.8) is 0 Å². The van der Waals surface area contributed by atoms with Crippen LogP contribution in [0.3, 0.4) is 0 Å². The summed E-state index contributed by atoms with van der Waals surface area (Å²) in [5.41, 5.74) is 0.945. The van der Waals surface area contributed by atoms with Crippen LogP contribution in [0.1, 0.15) is 19.8 Å². The average Bonchev–Trinajstić information content (AvgIpc) is 2.38. The summed E-state index contributed by atoms with van der Waals surface area (Å²) in [6.45, 7) is 4.36. The number of rotatable bonds is 1. The molecule has 1 saturated heterocycles. The number of aromatic nitrogens is 2. The highest BCUT2D eigenvalue weighted by Gasteiger charge is 2.35. The molecule has 2 aliphatic heterocycles. The smallest absolute Gasteiger partial charge is 0.242 e. The Hall–Kier alpha value is -1.52. The Labute approximate surface area is 101 Å². The van der Waals surface area contributed by atoms with Gasteiger partial charge in [0.2, 0.25) is 5.88 Å². The average molecular weight is 234 g/mol. The van der Waals surface area contributed by atoms with Crippen LogP contribution in [0.4, 0.5) is 11.5 Å². The highest BCUT2D eigenvalue weighted by atomic mass is 16.5. The number of methoxy groups -OCH3 is 1. The first-order chi connectivity index (χ1) is 8.31. The molecule has 2 unspecified atom stereocenters. The van der Waals surface area contributed by atoms with Crippen LogP contribution < -0.4 is 15.0 Å². The molecule has 5 nitrogen and oxygen atoms in total. The van der Waals surface area contributed by atoms with E-state index >= 15 is 0 Å². The first-order valence-corrected chi connectivity index (χ1v) is 6.20. The third kappa shape index (κ3) is 1.61. The maximum absolute atomic E-state index is 5.28. The fraction of sp³-hybridized carbons (Fsp3) is 0.667. The largest absolute Gasteiger partial charge is 0.479 e. The van der Waals surface area contributed by atoms with Gasteiger partial charge in [-0.05, 0) is 18.8 Å². The number of nitrogens with one attached hydrogen (secondary N) is 1. The zero-order valence-electron chi connectivity index (χ0n) is 10.3. The summed E-state index contributed by atoms with van der Waals surface area (Å²) in [5, 5.41) is 3.42. The second kappa shape index (κ2) is 4.05. The predicted octanol–water partition coefficient (Wildman–Crippen LogP) is 1.52. The van der Waals surface area contributed by atoms with Crippen LogP contribution in [0, 0.1) is 5.92 Å². The first-order valence-electron chi connectivity index (χ1n) is 6.20. The lowest BCUT2D eigenvalue weighted by molar-refractivity contribution is 0.344. The second-order valence-corrected chi connectivity index (χ2v) is 4.84. The van der Waals surface area contributed by atoms with Crippen molar-refractivity contribution in [2.45, 2.75) is 25.8 Å². The molecule has 0 saturated carbocycles. The van der Waals surface area contributed by atoms with E-state index in [1.54, 1.807) is 13.4 Å². The molecule has 92 valence electrons. The molecule has 5 heteroatoms. The number of ether oxygens (including phenoxy) is 1. The molecule has 3 heterocycles. The third-order valence-corrected chi connectivity index (χ3v) is 3.86. The maximum Gasteiger partial charge on any atom is 0.242 e. The molecular weight excluding hydrogens is 216 g/mol. The van der Waals surface area contributed by atoms with Gasteiger partial charge >= 0.3 is 0 Å². The van der Waals surface area contributed by atoms with Crippen molar-refractivity contribution in [1.29, 1.82) is 0 Å². The lowest BCUT2D eigenvalue weighted by Crippen LogP contribution is -2.51. The highest BCUT2D eigenvalue weighted by Crippen LogP contribution is 2.39. The summed E-state index contributed by atoms with van der Waals surface area (Å²) in [4.78, 5) is 11.0. The summed E-state index contributed by atoms with van der Waals surface area (Å²) in [5.74, 6) is 2.36. The van der Waals surface area contributed by atoms with Crippen molar-refractivity contribution in [3.05, 3.63) is 6.33 Å². The Kier molecular flexibility index (Phi) is 2.53. The van der Waals surface area contributed by atoms with Crippen molar-refractivity contribution in [2.75, 3.05) is 30.4 Å². The quantitative estimate of drug-likeness (QED) is 0.798. The summed E-state index contributed by atoms with van der Waals surface area (Å²) in [6, 6.07) is 0.552. The third-order valence-electron chi connectivity index (χ3n) is 3.86. The number of anilines is 2. The number of nitrogens with zero attached hydrogens (tertiary/aromatic N) is 3.